The van der Waals surface area contributed by atoms with Crippen molar-refractivity contribution in [1.29, 1.82) is 0 Å². The summed E-state index contributed by atoms with van der Waals surface area (Å²) in [6.07, 6.45) is 4.98. The topological polar surface area (TPSA) is 72.3 Å². The lowest BCUT2D eigenvalue weighted by Crippen LogP contribution is -2.45. The van der Waals surface area contributed by atoms with E-state index in [9.17, 15) is 4.79 Å². The van der Waals surface area contributed by atoms with Crippen molar-refractivity contribution in [1.82, 2.24) is 0 Å². The highest BCUT2D eigenvalue weighted by molar-refractivity contribution is 5.93. The van der Waals surface area contributed by atoms with Gasteiger partial charge in [0.25, 0.3) is 0 Å². The summed E-state index contributed by atoms with van der Waals surface area (Å²) in [6.45, 7) is 3.88. The quantitative estimate of drug-likeness (QED) is 0.864. The van der Waals surface area contributed by atoms with Gasteiger partial charge < -0.3 is 16.4 Å². The zero-order valence-corrected chi connectivity index (χ0v) is 12.2. The molecule has 0 spiro atoms. The number of hydrogen-bond acceptors (Lipinski definition) is 3. The van der Waals surface area contributed by atoms with E-state index in [1.54, 1.807) is 12.1 Å². The molecule has 2 rings (SSSR count). The summed E-state index contributed by atoms with van der Waals surface area (Å²) in [5.41, 5.74) is 12.9. The second kappa shape index (κ2) is 6.75. The third-order valence-electron chi connectivity index (χ3n) is 4.40. The summed E-state index contributed by atoms with van der Waals surface area (Å²) in [5.74, 6) is 0.191. The van der Waals surface area contributed by atoms with E-state index >= 15 is 0 Å². The van der Waals surface area contributed by atoms with Crippen molar-refractivity contribution >= 4 is 11.6 Å². The molecule has 1 saturated carbocycles. The standard InChI is InChI=1S/C16H25N3O/c1-2-19(15-6-4-3-5-13(15)11-17)14-9-7-12(8-10-14)16(18)20/h7-10,13,15H,2-6,11,17H2,1H3,(H2,18,20). The average Bonchev–Trinajstić information content (AvgIpc) is 2.49. The molecular formula is C16H25N3O. The van der Waals surface area contributed by atoms with E-state index < -0.39 is 0 Å². The molecule has 2 atom stereocenters. The minimum Gasteiger partial charge on any atom is -0.368 e. The second-order valence-corrected chi connectivity index (χ2v) is 5.54. The number of hydrogen-bond donors (Lipinski definition) is 2. The normalized spacial score (nSPS) is 22.5. The van der Waals surface area contributed by atoms with Crippen LogP contribution in [-0.2, 0) is 0 Å². The molecule has 0 aromatic heterocycles. The molecule has 1 aromatic rings. The van der Waals surface area contributed by atoms with Crippen LogP contribution in [0.25, 0.3) is 0 Å². The number of nitrogens with zero attached hydrogens (tertiary/aromatic N) is 1. The molecule has 4 N–H and O–H groups in total. The van der Waals surface area contributed by atoms with E-state index in [2.05, 4.69) is 11.8 Å². The molecule has 1 aliphatic carbocycles. The first-order valence-electron chi connectivity index (χ1n) is 7.54. The summed E-state index contributed by atoms with van der Waals surface area (Å²) < 4.78 is 0. The summed E-state index contributed by atoms with van der Waals surface area (Å²) >= 11 is 0. The van der Waals surface area contributed by atoms with Crippen molar-refractivity contribution in [2.24, 2.45) is 17.4 Å². The fourth-order valence-corrected chi connectivity index (χ4v) is 3.30. The zero-order valence-electron chi connectivity index (χ0n) is 12.2. The van der Waals surface area contributed by atoms with Crippen LogP contribution >= 0.6 is 0 Å². The van der Waals surface area contributed by atoms with Gasteiger partial charge in [0.1, 0.15) is 0 Å². The maximum absolute atomic E-state index is 11.1. The van der Waals surface area contributed by atoms with Gasteiger partial charge in [-0.2, -0.15) is 0 Å². The molecule has 110 valence electrons. The lowest BCUT2D eigenvalue weighted by atomic mass is 9.83. The van der Waals surface area contributed by atoms with Gasteiger partial charge in [0.2, 0.25) is 5.91 Å². The van der Waals surface area contributed by atoms with Gasteiger partial charge in [0, 0.05) is 23.8 Å². The van der Waals surface area contributed by atoms with Crippen LogP contribution in [0.2, 0.25) is 0 Å². The molecule has 4 heteroatoms. The molecule has 1 aliphatic rings. The Morgan fingerprint density at radius 3 is 2.45 bits per heavy atom. The first-order chi connectivity index (χ1) is 9.67. The van der Waals surface area contributed by atoms with E-state index in [4.69, 9.17) is 11.5 Å². The largest absolute Gasteiger partial charge is 0.368 e. The van der Waals surface area contributed by atoms with Gasteiger partial charge in [-0.1, -0.05) is 12.8 Å². The van der Waals surface area contributed by atoms with Crippen molar-refractivity contribution in [3.05, 3.63) is 29.8 Å². The van der Waals surface area contributed by atoms with Crippen LogP contribution in [0, 0.1) is 5.92 Å². The molecule has 20 heavy (non-hydrogen) atoms. The molecule has 0 aliphatic heterocycles. The number of anilines is 1. The van der Waals surface area contributed by atoms with E-state index in [-0.39, 0.29) is 5.91 Å². The molecule has 0 bridgehead atoms. The monoisotopic (exact) mass is 275 g/mol. The van der Waals surface area contributed by atoms with E-state index in [1.165, 1.54) is 25.7 Å². The highest BCUT2D eigenvalue weighted by atomic mass is 16.1. The Kier molecular flexibility index (Phi) is 5.01. The first kappa shape index (κ1) is 14.9. The number of rotatable bonds is 5. The fraction of sp³-hybridized carbons (Fsp3) is 0.562. The van der Waals surface area contributed by atoms with Crippen molar-refractivity contribution in [3.8, 4) is 0 Å². The van der Waals surface area contributed by atoms with Crippen LogP contribution in [0.5, 0.6) is 0 Å². The highest BCUT2D eigenvalue weighted by Crippen LogP contribution is 2.31. The Morgan fingerprint density at radius 2 is 1.90 bits per heavy atom. The number of primary amides is 1. The number of nitrogens with two attached hydrogens (primary N) is 2. The zero-order chi connectivity index (χ0) is 14.5. The van der Waals surface area contributed by atoms with E-state index in [0.717, 1.165) is 18.8 Å². The molecule has 0 saturated heterocycles. The Bertz CT molecular complexity index is 444. The molecular weight excluding hydrogens is 250 g/mol. The Balaban J connectivity index is 2.19. The second-order valence-electron chi connectivity index (χ2n) is 5.54. The van der Waals surface area contributed by atoms with Crippen LogP contribution in [0.3, 0.4) is 0 Å². The summed E-state index contributed by atoms with van der Waals surface area (Å²) in [4.78, 5) is 13.6. The van der Waals surface area contributed by atoms with Gasteiger partial charge in [0.15, 0.2) is 0 Å². The minimum atomic E-state index is -0.378. The van der Waals surface area contributed by atoms with Gasteiger partial charge in [0.05, 0.1) is 0 Å². The minimum absolute atomic E-state index is 0.378. The van der Waals surface area contributed by atoms with Crippen LogP contribution in [0.1, 0.15) is 43.0 Å². The van der Waals surface area contributed by atoms with Gasteiger partial charge in [-0.15, -0.1) is 0 Å². The van der Waals surface area contributed by atoms with Gasteiger partial charge in [-0.05, 0) is 56.5 Å². The third-order valence-corrected chi connectivity index (χ3v) is 4.40. The van der Waals surface area contributed by atoms with Crippen LogP contribution in [0.15, 0.2) is 24.3 Å². The lowest BCUT2D eigenvalue weighted by molar-refractivity contribution is 0.100. The Labute approximate surface area is 121 Å². The summed E-state index contributed by atoms with van der Waals surface area (Å²) in [5, 5.41) is 0. The first-order valence-corrected chi connectivity index (χ1v) is 7.54. The number of amides is 1. The van der Waals surface area contributed by atoms with Crippen molar-refractivity contribution in [2.75, 3.05) is 18.0 Å². The molecule has 0 heterocycles. The highest BCUT2D eigenvalue weighted by Gasteiger charge is 2.28. The SMILES string of the molecule is CCN(c1ccc(C(N)=O)cc1)C1CCCCC1CN. The van der Waals surface area contributed by atoms with Crippen molar-refractivity contribution in [2.45, 2.75) is 38.6 Å². The molecule has 4 nitrogen and oxygen atoms in total. The van der Waals surface area contributed by atoms with Gasteiger partial charge in [-0.25, -0.2) is 0 Å². The molecule has 1 fully saturated rings. The smallest absolute Gasteiger partial charge is 0.248 e. The fourth-order valence-electron chi connectivity index (χ4n) is 3.30. The summed E-state index contributed by atoms with van der Waals surface area (Å²) in [7, 11) is 0. The van der Waals surface area contributed by atoms with Crippen molar-refractivity contribution in [3.63, 3.8) is 0 Å². The Hall–Kier alpha value is -1.55. The van der Waals surface area contributed by atoms with Gasteiger partial charge in [-0.3, -0.25) is 4.79 Å². The molecule has 2 unspecified atom stereocenters. The number of carbonyl (C=O) groups excluding carboxylic acids is 1. The van der Waals surface area contributed by atoms with Crippen LogP contribution < -0.4 is 16.4 Å². The van der Waals surface area contributed by atoms with Crippen LogP contribution in [-0.4, -0.2) is 25.0 Å². The maximum atomic E-state index is 11.1. The number of benzene rings is 1. The average molecular weight is 275 g/mol. The molecule has 1 aromatic carbocycles. The molecule has 0 radical (unpaired) electrons. The third kappa shape index (κ3) is 3.12. The summed E-state index contributed by atoms with van der Waals surface area (Å²) in [6, 6.07) is 8.11. The maximum Gasteiger partial charge on any atom is 0.248 e. The molecule has 1 amide bonds. The lowest BCUT2D eigenvalue weighted by Gasteiger charge is -2.40. The van der Waals surface area contributed by atoms with E-state index in [0.29, 0.717) is 17.5 Å². The predicted octanol–water partition coefficient (Wildman–Crippen LogP) is 2.13. The van der Waals surface area contributed by atoms with Crippen LogP contribution in [0.4, 0.5) is 5.69 Å². The van der Waals surface area contributed by atoms with Gasteiger partial charge >= 0.3 is 0 Å². The Morgan fingerprint density at radius 1 is 1.25 bits per heavy atom. The predicted molar refractivity (Wildman–Crippen MR) is 82.8 cm³/mol. The van der Waals surface area contributed by atoms with E-state index in [1.807, 2.05) is 12.1 Å². The number of carbonyl (C=O) groups is 1. The van der Waals surface area contributed by atoms with Crippen molar-refractivity contribution < 1.29 is 4.79 Å².